The molecule has 3 aromatic rings. The standard InChI is InChI=1S/C16H14N4O4/c21-15-17-19(11-13-6-8-14(9-7-13)20(23)24)16(22)18(15)10-12-4-2-1-3-5-12/h1-9H,10-11H2,(H,17,21). The second-order valence-corrected chi connectivity index (χ2v) is 5.28. The highest BCUT2D eigenvalue weighted by Crippen LogP contribution is 2.12. The second kappa shape index (κ2) is 6.37. The van der Waals surface area contributed by atoms with Crippen LogP contribution in [0.25, 0.3) is 0 Å². The summed E-state index contributed by atoms with van der Waals surface area (Å²) in [5.41, 5.74) is 0.545. The molecule has 0 spiro atoms. The van der Waals surface area contributed by atoms with E-state index < -0.39 is 16.3 Å². The molecule has 0 radical (unpaired) electrons. The summed E-state index contributed by atoms with van der Waals surface area (Å²) in [6.45, 7) is 0.316. The predicted octanol–water partition coefficient (Wildman–Crippen LogP) is 1.34. The predicted molar refractivity (Wildman–Crippen MR) is 87.1 cm³/mol. The topological polar surface area (TPSA) is 103 Å². The van der Waals surface area contributed by atoms with Crippen molar-refractivity contribution in [3.05, 3.63) is 96.8 Å². The lowest BCUT2D eigenvalue weighted by Crippen LogP contribution is -2.29. The molecule has 0 saturated heterocycles. The number of benzene rings is 2. The van der Waals surface area contributed by atoms with Crippen LogP contribution in [0.2, 0.25) is 0 Å². The number of non-ortho nitro benzene ring substituents is 1. The first kappa shape index (κ1) is 15.5. The number of hydrogen-bond donors (Lipinski definition) is 1. The van der Waals surface area contributed by atoms with E-state index in [1.807, 2.05) is 30.3 Å². The van der Waals surface area contributed by atoms with Gasteiger partial charge in [-0.1, -0.05) is 42.5 Å². The number of nitrogens with zero attached hydrogens (tertiary/aromatic N) is 3. The van der Waals surface area contributed by atoms with Crippen molar-refractivity contribution in [2.24, 2.45) is 0 Å². The van der Waals surface area contributed by atoms with E-state index >= 15 is 0 Å². The minimum atomic E-state index is -0.495. The Morgan fingerprint density at radius 1 is 0.917 bits per heavy atom. The highest BCUT2D eigenvalue weighted by atomic mass is 16.6. The number of nitrogens with one attached hydrogen (secondary N) is 1. The lowest BCUT2D eigenvalue weighted by Gasteiger charge is -2.02. The first-order chi connectivity index (χ1) is 11.5. The Morgan fingerprint density at radius 3 is 2.17 bits per heavy atom. The van der Waals surface area contributed by atoms with Crippen molar-refractivity contribution in [1.82, 2.24) is 14.3 Å². The zero-order valence-electron chi connectivity index (χ0n) is 12.6. The molecule has 0 aliphatic carbocycles. The quantitative estimate of drug-likeness (QED) is 0.564. The molecule has 0 saturated carbocycles. The van der Waals surface area contributed by atoms with Gasteiger partial charge >= 0.3 is 11.4 Å². The Bertz CT molecular complexity index is 968. The van der Waals surface area contributed by atoms with Gasteiger partial charge in [0, 0.05) is 12.1 Å². The molecule has 0 aliphatic rings. The fourth-order valence-electron chi connectivity index (χ4n) is 2.37. The average molecular weight is 326 g/mol. The molecule has 2 aromatic carbocycles. The van der Waals surface area contributed by atoms with Crippen molar-refractivity contribution in [3.8, 4) is 0 Å². The second-order valence-electron chi connectivity index (χ2n) is 5.28. The first-order valence-electron chi connectivity index (χ1n) is 7.21. The van der Waals surface area contributed by atoms with Crippen molar-refractivity contribution in [2.45, 2.75) is 13.1 Å². The number of nitro groups is 1. The van der Waals surface area contributed by atoms with Gasteiger partial charge < -0.3 is 0 Å². The maximum absolute atomic E-state index is 12.4. The molecule has 8 nitrogen and oxygen atoms in total. The summed E-state index contributed by atoms with van der Waals surface area (Å²) in [6.07, 6.45) is 0. The zero-order valence-corrected chi connectivity index (χ0v) is 12.6. The Kier molecular flexibility index (Phi) is 4.11. The summed E-state index contributed by atoms with van der Waals surface area (Å²) in [5, 5.41) is 13.1. The molecule has 24 heavy (non-hydrogen) atoms. The summed E-state index contributed by atoms with van der Waals surface area (Å²) < 4.78 is 2.30. The lowest BCUT2D eigenvalue weighted by molar-refractivity contribution is -0.384. The van der Waals surface area contributed by atoms with E-state index in [2.05, 4.69) is 5.10 Å². The van der Waals surface area contributed by atoms with Gasteiger partial charge in [-0.25, -0.2) is 23.9 Å². The summed E-state index contributed by atoms with van der Waals surface area (Å²) in [5.74, 6) is 0. The molecule has 0 aliphatic heterocycles. The molecule has 0 amide bonds. The van der Waals surface area contributed by atoms with Crippen molar-refractivity contribution in [3.63, 3.8) is 0 Å². The summed E-state index contributed by atoms with van der Waals surface area (Å²) in [6, 6.07) is 15.0. The van der Waals surface area contributed by atoms with Crippen LogP contribution in [0.4, 0.5) is 5.69 Å². The molecule has 0 atom stereocenters. The molecule has 1 aromatic heterocycles. The fourth-order valence-corrected chi connectivity index (χ4v) is 2.37. The average Bonchev–Trinajstić information content (AvgIpc) is 2.84. The molecule has 0 fully saturated rings. The largest absolute Gasteiger partial charge is 0.347 e. The smallest absolute Gasteiger partial charge is 0.258 e. The van der Waals surface area contributed by atoms with E-state index in [4.69, 9.17) is 0 Å². The number of H-pyrrole nitrogens is 1. The third-order valence-corrected chi connectivity index (χ3v) is 3.61. The van der Waals surface area contributed by atoms with Gasteiger partial charge in [-0.2, -0.15) is 0 Å². The monoisotopic (exact) mass is 326 g/mol. The molecule has 122 valence electrons. The minimum Gasteiger partial charge on any atom is -0.258 e. The van der Waals surface area contributed by atoms with Crippen LogP contribution in [0.15, 0.2) is 64.2 Å². The van der Waals surface area contributed by atoms with Crippen molar-refractivity contribution >= 4 is 5.69 Å². The Morgan fingerprint density at radius 2 is 1.54 bits per heavy atom. The van der Waals surface area contributed by atoms with Crippen LogP contribution >= 0.6 is 0 Å². The van der Waals surface area contributed by atoms with Gasteiger partial charge in [-0.3, -0.25) is 10.1 Å². The molecular formula is C16H14N4O4. The molecule has 8 heteroatoms. The first-order valence-corrected chi connectivity index (χ1v) is 7.21. The van der Waals surface area contributed by atoms with Crippen molar-refractivity contribution in [1.29, 1.82) is 0 Å². The Balaban J connectivity index is 1.85. The molecule has 1 heterocycles. The van der Waals surface area contributed by atoms with E-state index in [0.29, 0.717) is 5.56 Å². The zero-order chi connectivity index (χ0) is 17.1. The fraction of sp³-hybridized carbons (Fsp3) is 0.125. The van der Waals surface area contributed by atoms with Gasteiger partial charge in [0.15, 0.2) is 0 Å². The van der Waals surface area contributed by atoms with Gasteiger partial charge in [-0.15, -0.1) is 0 Å². The Hall–Kier alpha value is -3.42. The SMILES string of the molecule is O=c1[nH]n(Cc2ccc([N+](=O)[O-])cc2)c(=O)n1Cc1ccccc1. The van der Waals surface area contributed by atoms with Crippen LogP contribution in [0.3, 0.4) is 0 Å². The van der Waals surface area contributed by atoms with Crippen LogP contribution in [0.1, 0.15) is 11.1 Å². The van der Waals surface area contributed by atoms with E-state index in [1.54, 1.807) is 12.1 Å². The molecular weight excluding hydrogens is 312 g/mol. The maximum atomic E-state index is 12.4. The van der Waals surface area contributed by atoms with Gasteiger partial charge in [0.05, 0.1) is 18.0 Å². The number of aromatic nitrogens is 3. The lowest BCUT2D eigenvalue weighted by atomic mass is 10.2. The van der Waals surface area contributed by atoms with E-state index in [-0.39, 0.29) is 18.8 Å². The van der Waals surface area contributed by atoms with Crippen LogP contribution in [0, 0.1) is 10.1 Å². The number of nitro benzene ring substituents is 1. The summed E-state index contributed by atoms with van der Waals surface area (Å²) >= 11 is 0. The number of aromatic amines is 1. The third-order valence-electron chi connectivity index (χ3n) is 3.61. The van der Waals surface area contributed by atoms with Crippen molar-refractivity contribution < 1.29 is 4.92 Å². The number of hydrogen-bond acceptors (Lipinski definition) is 4. The van der Waals surface area contributed by atoms with E-state index in [9.17, 15) is 19.7 Å². The maximum Gasteiger partial charge on any atom is 0.347 e. The molecule has 0 unspecified atom stereocenters. The normalized spacial score (nSPS) is 10.7. The van der Waals surface area contributed by atoms with Crippen LogP contribution in [0.5, 0.6) is 0 Å². The molecule has 3 rings (SSSR count). The van der Waals surface area contributed by atoms with Crippen molar-refractivity contribution in [2.75, 3.05) is 0 Å². The van der Waals surface area contributed by atoms with Crippen LogP contribution in [-0.4, -0.2) is 19.3 Å². The van der Waals surface area contributed by atoms with Gasteiger partial charge in [0.2, 0.25) is 0 Å². The van der Waals surface area contributed by atoms with E-state index in [1.165, 1.54) is 16.8 Å². The highest BCUT2D eigenvalue weighted by Gasteiger charge is 2.11. The van der Waals surface area contributed by atoms with Crippen LogP contribution < -0.4 is 11.4 Å². The van der Waals surface area contributed by atoms with Gasteiger partial charge in [0.25, 0.3) is 5.69 Å². The van der Waals surface area contributed by atoms with Crippen LogP contribution in [-0.2, 0) is 13.1 Å². The summed E-state index contributed by atoms with van der Waals surface area (Å²) in [4.78, 5) is 34.5. The molecule has 1 N–H and O–H groups in total. The minimum absolute atomic E-state index is 0.0266. The Labute approximate surface area is 135 Å². The van der Waals surface area contributed by atoms with Gasteiger partial charge in [-0.05, 0) is 11.1 Å². The summed E-state index contributed by atoms with van der Waals surface area (Å²) in [7, 11) is 0. The molecule has 0 bridgehead atoms. The number of rotatable bonds is 5. The van der Waals surface area contributed by atoms with E-state index in [0.717, 1.165) is 10.1 Å². The third kappa shape index (κ3) is 3.17. The van der Waals surface area contributed by atoms with Gasteiger partial charge in [0.1, 0.15) is 0 Å². The highest BCUT2D eigenvalue weighted by molar-refractivity contribution is 5.32.